The van der Waals surface area contributed by atoms with Crippen LogP contribution in [0.1, 0.15) is 10.4 Å². The third-order valence-corrected chi connectivity index (χ3v) is 2.88. The summed E-state index contributed by atoms with van der Waals surface area (Å²) in [6, 6.07) is 18.9. The van der Waals surface area contributed by atoms with E-state index in [0.717, 1.165) is 5.52 Å². The number of carbonyl (C=O) groups excluding carboxylic acids is 1. The minimum absolute atomic E-state index is 0.400. The topological polar surface area (TPSA) is 65.2 Å². The predicted molar refractivity (Wildman–Crippen MR) is 83.9 cm³/mol. The second-order valence-electron chi connectivity index (χ2n) is 4.27. The summed E-state index contributed by atoms with van der Waals surface area (Å²) >= 11 is 0. The number of aromatic nitrogens is 1. The highest BCUT2D eigenvalue weighted by Gasteiger charge is 2.06. The largest absolute Gasteiger partial charge is 0.465 e. The van der Waals surface area contributed by atoms with Gasteiger partial charge in [-0.15, -0.1) is 0 Å². The van der Waals surface area contributed by atoms with Crippen molar-refractivity contribution in [3.8, 4) is 0 Å². The Bertz CT molecular complexity index is 676. The van der Waals surface area contributed by atoms with E-state index in [1.165, 1.54) is 12.5 Å². The minimum Gasteiger partial charge on any atom is -0.465 e. The zero-order valence-corrected chi connectivity index (χ0v) is 11.7. The maximum absolute atomic E-state index is 10.9. The van der Waals surface area contributed by atoms with Gasteiger partial charge in [0.15, 0.2) is 0 Å². The zero-order chi connectivity index (χ0) is 15.1. The average Bonchev–Trinajstić information content (AvgIpc) is 2.55. The number of para-hydroxylation sites is 2. The first-order valence-electron chi connectivity index (χ1n) is 6.45. The van der Waals surface area contributed by atoms with Crippen molar-refractivity contribution in [1.29, 1.82) is 0 Å². The third kappa shape index (κ3) is 3.79. The molecule has 106 valence electrons. The molecule has 0 aliphatic rings. The Labute approximate surface area is 123 Å². The van der Waals surface area contributed by atoms with E-state index in [1.54, 1.807) is 24.3 Å². The lowest BCUT2D eigenvalue weighted by molar-refractivity contribution is 0.0602. The summed E-state index contributed by atoms with van der Waals surface area (Å²) in [5.74, 6) is -0.400. The van der Waals surface area contributed by atoms with Crippen molar-refractivity contribution in [2.75, 3.05) is 12.8 Å². The Morgan fingerprint density at radius 1 is 1.00 bits per heavy atom. The van der Waals surface area contributed by atoms with E-state index in [-0.39, 0.29) is 0 Å². The Balaban J connectivity index is 0.000000154. The van der Waals surface area contributed by atoms with Crippen LogP contribution in [-0.4, -0.2) is 18.1 Å². The Kier molecular flexibility index (Phi) is 4.88. The number of ether oxygens (including phenoxy) is 1. The number of nitrogens with two attached hydrogens (primary N) is 1. The van der Waals surface area contributed by atoms with E-state index in [1.807, 2.05) is 30.5 Å². The maximum Gasteiger partial charge on any atom is 0.339 e. The van der Waals surface area contributed by atoms with Gasteiger partial charge in [-0.05, 0) is 24.3 Å². The lowest BCUT2D eigenvalue weighted by atomic mass is 10.2. The van der Waals surface area contributed by atoms with Crippen molar-refractivity contribution in [3.05, 3.63) is 72.4 Å². The van der Waals surface area contributed by atoms with Crippen molar-refractivity contribution in [2.24, 2.45) is 0 Å². The van der Waals surface area contributed by atoms with Gasteiger partial charge in [0.05, 0.1) is 18.2 Å². The summed E-state index contributed by atoms with van der Waals surface area (Å²) in [5, 5.41) is 1.20. The van der Waals surface area contributed by atoms with Crippen LogP contribution < -0.4 is 5.73 Å². The number of pyridine rings is 1. The molecule has 1 aromatic heterocycles. The molecule has 0 saturated heterocycles. The normalized spacial score (nSPS) is 9.57. The molecular formula is C17H16N2O2. The number of rotatable bonds is 1. The van der Waals surface area contributed by atoms with Crippen LogP contribution in [0, 0.1) is 0 Å². The Morgan fingerprint density at radius 2 is 1.67 bits per heavy atom. The fourth-order valence-electron chi connectivity index (χ4n) is 1.81. The van der Waals surface area contributed by atoms with E-state index in [0.29, 0.717) is 11.3 Å². The molecule has 0 aliphatic heterocycles. The lowest BCUT2D eigenvalue weighted by Gasteiger charge is -2.00. The maximum atomic E-state index is 10.9. The Hall–Kier alpha value is -2.88. The minimum atomic E-state index is -0.400. The monoisotopic (exact) mass is 280 g/mol. The Morgan fingerprint density at radius 3 is 2.38 bits per heavy atom. The number of benzene rings is 2. The molecule has 0 unspecified atom stereocenters. The summed E-state index contributed by atoms with van der Waals surface area (Å²) in [5.41, 5.74) is 7.41. The molecule has 2 N–H and O–H groups in total. The number of nitrogens with zero attached hydrogens (tertiary/aromatic N) is 1. The number of carbonyl (C=O) groups is 1. The van der Waals surface area contributed by atoms with Gasteiger partial charge in [0.2, 0.25) is 0 Å². The smallest absolute Gasteiger partial charge is 0.339 e. The van der Waals surface area contributed by atoms with E-state index < -0.39 is 5.97 Å². The molecule has 0 amide bonds. The van der Waals surface area contributed by atoms with Gasteiger partial charge in [-0.2, -0.15) is 0 Å². The van der Waals surface area contributed by atoms with Crippen molar-refractivity contribution < 1.29 is 9.53 Å². The van der Waals surface area contributed by atoms with Crippen LogP contribution in [0.3, 0.4) is 0 Å². The number of anilines is 1. The van der Waals surface area contributed by atoms with Gasteiger partial charge >= 0.3 is 5.97 Å². The van der Waals surface area contributed by atoms with E-state index in [4.69, 9.17) is 5.73 Å². The fraction of sp³-hybridized carbons (Fsp3) is 0.0588. The summed E-state index contributed by atoms with van der Waals surface area (Å²) in [6.45, 7) is 0. The molecule has 4 heteroatoms. The molecule has 0 spiro atoms. The summed E-state index contributed by atoms with van der Waals surface area (Å²) < 4.78 is 4.50. The van der Waals surface area contributed by atoms with Crippen LogP contribution in [0.25, 0.3) is 10.9 Å². The SMILES string of the molecule is COC(=O)c1ccccc1N.c1ccc2ncccc2c1. The van der Waals surface area contributed by atoms with Crippen molar-refractivity contribution in [2.45, 2.75) is 0 Å². The lowest BCUT2D eigenvalue weighted by Crippen LogP contribution is -2.04. The number of nitrogen functional groups attached to an aromatic ring is 1. The summed E-state index contributed by atoms with van der Waals surface area (Å²) in [7, 11) is 1.33. The molecule has 0 fully saturated rings. The fourth-order valence-corrected chi connectivity index (χ4v) is 1.81. The van der Waals surface area contributed by atoms with Crippen LogP contribution in [-0.2, 0) is 4.74 Å². The molecule has 0 saturated carbocycles. The van der Waals surface area contributed by atoms with E-state index in [9.17, 15) is 4.79 Å². The number of fused-ring (bicyclic) bond motifs is 1. The van der Waals surface area contributed by atoms with Crippen molar-refractivity contribution in [3.63, 3.8) is 0 Å². The average molecular weight is 280 g/mol. The van der Waals surface area contributed by atoms with Gasteiger partial charge in [0.25, 0.3) is 0 Å². The molecule has 21 heavy (non-hydrogen) atoms. The molecule has 4 nitrogen and oxygen atoms in total. The van der Waals surface area contributed by atoms with Crippen LogP contribution in [0.2, 0.25) is 0 Å². The van der Waals surface area contributed by atoms with Gasteiger partial charge in [-0.3, -0.25) is 4.98 Å². The zero-order valence-electron chi connectivity index (χ0n) is 11.7. The number of esters is 1. The van der Waals surface area contributed by atoms with Crippen LogP contribution in [0.5, 0.6) is 0 Å². The van der Waals surface area contributed by atoms with Gasteiger partial charge < -0.3 is 10.5 Å². The van der Waals surface area contributed by atoms with Crippen LogP contribution >= 0.6 is 0 Å². The third-order valence-electron chi connectivity index (χ3n) is 2.88. The second kappa shape index (κ2) is 7.05. The number of hydrogen-bond acceptors (Lipinski definition) is 4. The molecule has 0 atom stereocenters. The molecular weight excluding hydrogens is 264 g/mol. The van der Waals surface area contributed by atoms with Gasteiger partial charge in [0, 0.05) is 17.3 Å². The molecule has 1 heterocycles. The van der Waals surface area contributed by atoms with E-state index in [2.05, 4.69) is 21.9 Å². The first-order chi connectivity index (χ1) is 10.2. The first-order valence-corrected chi connectivity index (χ1v) is 6.45. The van der Waals surface area contributed by atoms with Crippen molar-refractivity contribution >= 4 is 22.6 Å². The molecule has 0 bridgehead atoms. The number of hydrogen-bond donors (Lipinski definition) is 1. The quantitative estimate of drug-likeness (QED) is 0.548. The highest BCUT2D eigenvalue weighted by Crippen LogP contribution is 2.10. The standard InChI is InChI=1S/C9H7N.C8H9NO2/c1-2-6-9-8(4-1)5-3-7-10-9;1-11-8(10)6-4-2-3-5-7(6)9/h1-7H;2-5H,9H2,1H3. The van der Waals surface area contributed by atoms with Gasteiger partial charge in [-0.1, -0.05) is 36.4 Å². The van der Waals surface area contributed by atoms with Gasteiger partial charge in [0.1, 0.15) is 0 Å². The van der Waals surface area contributed by atoms with Crippen molar-refractivity contribution in [1.82, 2.24) is 4.98 Å². The highest BCUT2D eigenvalue weighted by atomic mass is 16.5. The number of methoxy groups -OCH3 is 1. The second-order valence-corrected chi connectivity index (χ2v) is 4.27. The van der Waals surface area contributed by atoms with E-state index >= 15 is 0 Å². The summed E-state index contributed by atoms with van der Waals surface area (Å²) in [4.78, 5) is 15.1. The van der Waals surface area contributed by atoms with Crippen LogP contribution in [0.15, 0.2) is 66.9 Å². The predicted octanol–water partition coefficient (Wildman–Crippen LogP) is 3.29. The first kappa shape index (κ1) is 14.5. The molecule has 0 radical (unpaired) electrons. The molecule has 3 aromatic rings. The highest BCUT2D eigenvalue weighted by molar-refractivity contribution is 5.94. The van der Waals surface area contributed by atoms with Gasteiger partial charge in [-0.25, -0.2) is 4.79 Å². The molecule has 2 aromatic carbocycles. The summed E-state index contributed by atoms with van der Waals surface area (Å²) in [6.07, 6.45) is 1.81. The molecule has 0 aliphatic carbocycles. The molecule has 3 rings (SSSR count). The van der Waals surface area contributed by atoms with Crippen LogP contribution in [0.4, 0.5) is 5.69 Å².